The van der Waals surface area contributed by atoms with Crippen molar-refractivity contribution in [1.82, 2.24) is 0 Å². The number of nitrogens with two attached hydrogens (primary N) is 2. The van der Waals surface area contributed by atoms with Gasteiger partial charge in [-0.1, -0.05) is 13.8 Å². The van der Waals surface area contributed by atoms with Crippen molar-refractivity contribution < 1.29 is 0 Å². The summed E-state index contributed by atoms with van der Waals surface area (Å²) in [7, 11) is 0. The number of thiophene rings is 1. The number of hydrogen-bond acceptors (Lipinski definition) is 3. The molecule has 2 unspecified atom stereocenters. The van der Waals surface area contributed by atoms with Crippen molar-refractivity contribution in [3.05, 3.63) is 22.4 Å². The lowest BCUT2D eigenvalue weighted by Gasteiger charge is -2.26. The standard InChI is InChI=1S/C11H20N2S/c1-8(10-3-4-14-7-10)9(2)11(5-12)6-13/h3-4,7-9,11H,5-6,12-13H2,1-2H3. The molecule has 14 heavy (non-hydrogen) atoms. The molecule has 0 aliphatic rings. The average Bonchev–Trinajstić information content (AvgIpc) is 2.71. The molecule has 1 aromatic rings. The van der Waals surface area contributed by atoms with Gasteiger partial charge in [0.15, 0.2) is 0 Å². The Hall–Kier alpha value is -0.380. The lowest BCUT2D eigenvalue weighted by Crippen LogP contribution is -2.31. The van der Waals surface area contributed by atoms with Crippen molar-refractivity contribution in [3.8, 4) is 0 Å². The fourth-order valence-corrected chi connectivity index (χ4v) is 2.54. The topological polar surface area (TPSA) is 52.0 Å². The first-order valence-corrected chi connectivity index (χ1v) is 6.07. The molecule has 0 radical (unpaired) electrons. The Morgan fingerprint density at radius 1 is 1.29 bits per heavy atom. The largest absolute Gasteiger partial charge is 0.330 e. The molecule has 3 heteroatoms. The lowest BCUT2D eigenvalue weighted by molar-refractivity contribution is 0.329. The van der Waals surface area contributed by atoms with Crippen molar-refractivity contribution in [1.29, 1.82) is 0 Å². The van der Waals surface area contributed by atoms with Crippen molar-refractivity contribution in [2.45, 2.75) is 19.8 Å². The van der Waals surface area contributed by atoms with Crippen LogP contribution >= 0.6 is 11.3 Å². The molecule has 4 N–H and O–H groups in total. The Kier molecular flexibility index (Phi) is 4.58. The van der Waals surface area contributed by atoms with Crippen molar-refractivity contribution in [3.63, 3.8) is 0 Å². The van der Waals surface area contributed by atoms with Crippen LogP contribution < -0.4 is 11.5 Å². The van der Waals surface area contributed by atoms with E-state index in [1.165, 1.54) is 5.56 Å². The van der Waals surface area contributed by atoms with E-state index in [-0.39, 0.29) is 0 Å². The van der Waals surface area contributed by atoms with Gasteiger partial charge in [-0.05, 0) is 53.2 Å². The van der Waals surface area contributed by atoms with Crippen LogP contribution in [0.1, 0.15) is 25.3 Å². The molecule has 2 atom stereocenters. The zero-order valence-corrected chi connectivity index (χ0v) is 9.76. The summed E-state index contributed by atoms with van der Waals surface area (Å²) in [4.78, 5) is 0. The Morgan fingerprint density at radius 3 is 2.36 bits per heavy atom. The van der Waals surface area contributed by atoms with Crippen LogP contribution in [0.2, 0.25) is 0 Å². The molecule has 0 saturated heterocycles. The van der Waals surface area contributed by atoms with E-state index in [4.69, 9.17) is 11.5 Å². The Balaban J connectivity index is 2.64. The molecule has 1 heterocycles. The Bertz CT molecular complexity index is 242. The highest BCUT2D eigenvalue weighted by molar-refractivity contribution is 7.07. The highest BCUT2D eigenvalue weighted by atomic mass is 32.1. The summed E-state index contributed by atoms with van der Waals surface area (Å²) in [6, 6.07) is 2.19. The van der Waals surface area contributed by atoms with E-state index in [0.29, 0.717) is 30.8 Å². The minimum atomic E-state index is 0.435. The minimum Gasteiger partial charge on any atom is -0.330 e. The molecule has 0 amide bonds. The van der Waals surface area contributed by atoms with E-state index < -0.39 is 0 Å². The quantitative estimate of drug-likeness (QED) is 0.784. The maximum absolute atomic E-state index is 5.70. The second kappa shape index (κ2) is 5.49. The monoisotopic (exact) mass is 212 g/mol. The first kappa shape index (κ1) is 11.7. The van der Waals surface area contributed by atoms with Crippen LogP contribution in [0.25, 0.3) is 0 Å². The molecule has 1 rings (SSSR count). The molecular formula is C11H20N2S. The summed E-state index contributed by atoms with van der Waals surface area (Å²) in [6.07, 6.45) is 0. The van der Waals surface area contributed by atoms with E-state index in [1.54, 1.807) is 11.3 Å². The van der Waals surface area contributed by atoms with Crippen molar-refractivity contribution in [2.75, 3.05) is 13.1 Å². The molecule has 1 aromatic heterocycles. The van der Waals surface area contributed by atoms with Crippen LogP contribution in [-0.2, 0) is 0 Å². The second-order valence-electron chi connectivity index (χ2n) is 3.94. The van der Waals surface area contributed by atoms with E-state index in [2.05, 4.69) is 30.7 Å². The summed E-state index contributed by atoms with van der Waals surface area (Å²) in [5.74, 6) is 1.54. The van der Waals surface area contributed by atoms with Crippen molar-refractivity contribution in [2.24, 2.45) is 23.3 Å². The Labute approximate surface area is 90.3 Å². The predicted molar refractivity (Wildman–Crippen MR) is 63.5 cm³/mol. The first-order chi connectivity index (χ1) is 6.70. The summed E-state index contributed by atoms with van der Waals surface area (Å²) in [5, 5.41) is 4.34. The minimum absolute atomic E-state index is 0.435. The molecule has 0 fully saturated rings. The molecule has 0 aliphatic heterocycles. The van der Waals surface area contributed by atoms with Gasteiger partial charge in [-0.15, -0.1) is 0 Å². The summed E-state index contributed by atoms with van der Waals surface area (Å²) >= 11 is 1.75. The third kappa shape index (κ3) is 2.56. The van der Waals surface area contributed by atoms with Gasteiger partial charge in [-0.25, -0.2) is 0 Å². The third-order valence-corrected chi connectivity index (χ3v) is 3.91. The fourth-order valence-electron chi connectivity index (χ4n) is 1.77. The zero-order valence-electron chi connectivity index (χ0n) is 8.94. The fraction of sp³-hybridized carbons (Fsp3) is 0.636. The molecule has 2 nitrogen and oxygen atoms in total. The highest BCUT2D eigenvalue weighted by Crippen LogP contribution is 2.30. The van der Waals surface area contributed by atoms with Crippen LogP contribution in [0.3, 0.4) is 0 Å². The molecule has 0 aliphatic carbocycles. The summed E-state index contributed by atoms with van der Waals surface area (Å²) in [5.41, 5.74) is 12.8. The van der Waals surface area contributed by atoms with E-state index in [9.17, 15) is 0 Å². The Morgan fingerprint density at radius 2 is 1.93 bits per heavy atom. The maximum Gasteiger partial charge on any atom is -0.00340 e. The van der Waals surface area contributed by atoms with Crippen LogP contribution in [0.4, 0.5) is 0 Å². The summed E-state index contributed by atoms with van der Waals surface area (Å²) in [6.45, 7) is 5.87. The normalized spacial score (nSPS) is 15.8. The second-order valence-corrected chi connectivity index (χ2v) is 4.72. The maximum atomic E-state index is 5.70. The van der Waals surface area contributed by atoms with Gasteiger partial charge in [0, 0.05) is 0 Å². The van der Waals surface area contributed by atoms with Crippen LogP contribution in [0, 0.1) is 11.8 Å². The van der Waals surface area contributed by atoms with Crippen LogP contribution in [0.5, 0.6) is 0 Å². The van der Waals surface area contributed by atoms with Crippen molar-refractivity contribution >= 4 is 11.3 Å². The zero-order chi connectivity index (χ0) is 10.6. The van der Waals surface area contributed by atoms with E-state index in [1.807, 2.05) is 0 Å². The predicted octanol–water partition coefficient (Wildman–Crippen LogP) is 2.02. The molecule has 0 bridgehead atoms. The van der Waals surface area contributed by atoms with Gasteiger partial charge < -0.3 is 11.5 Å². The lowest BCUT2D eigenvalue weighted by atomic mass is 9.81. The van der Waals surface area contributed by atoms with E-state index >= 15 is 0 Å². The number of rotatable bonds is 5. The first-order valence-electron chi connectivity index (χ1n) is 5.13. The van der Waals surface area contributed by atoms with Gasteiger partial charge in [0.25, 0.3) is 0 Å². The molecular weight excluding hydrogens is 192 g/mol. The van der Waals surface area contributed by atoms with Gasteiger partial charge in [0.1, 0.15) is 0 Å². The van der Waals surface area contributed by atoms with Gasteiger partial charge >= 0.3 is 0 Å². The highest BCUT2D eigenvalue weighted by Gasteiger charge is 2.21. The van der Waals surface area contributed by atoms with E-state index in [0.717, 1.165) is 0 Å². The molecule has 0 aromatic carbocycles. The summed E-state index contributed by atoms with van der Waals surface area (Å²) < 4.78 is 0. The molecule has 80 valence electrons. The van der Waals surface area contributed by atoms with Gasteiger partial charge in [-0.3, -0.25) is 0 Å². The molecule has 0 spiro atoms. The van der Waals surface area contributed by atoms with Crippen LogP contribution in [0.15, 0.2) is 16.8 Å². The van der Waals surface area contributed by atoms with Gasteiger partial charge in [0.2, 0.25) is 0 Å². The van der Waals surface area contributed by atoms with Crippen LogP contribution in [-0.4, -0.2) is 13.1 Å². The SMILES string of the molecule is CC(c1ccsc1)C(C)C(CN)CN. The average molecular weight is 212 g/mol. The number of hydrogen-bond donors (Lipinski definition) is 2. The van der Waals surface area contributed by atoms with Gasteiger partial charge in [0.05, 0.1) is 0 Å². The smallest absolute Gasteiger partial charge is 0.00340 e. The molecule has 0 saturated carbocycles. The van der Waals surface area contributed by atoms with Gasteiger partial charge in [-0.2, -0.15) is 11.3 Å². The third-order valence-electron chi connectivity index (χ3n) is 3.21.